The van der Waals surface area contributed by atoms with Gasteiger partial charge in [-0.2, -0.15) is 0 Å². The van der Waals surface area contributed by atoms with E-state index in [2.05, 4.69) is 4.90 Å². The van der Waals surface area contributed by atoms with Gasteiger partial charge in [0, 0.05) is 49.6 Å². The molecule has 7 heteroatoms. The number of carbonyl (C=O) groups is 1. The number of nitro groups is 1. The largest absolute Gasteiger partial charge is 0.374 e. The lowest BCUT2D eigenvalue weighted by atomic mass is 10.1. The minimum absolute atomic E-state index is 0.0275. The Hall–Kier alpha value is -2.93. The van der Waals surface area contributed by atoms with Gasteiger partial charge < -0.3 is 14.5 Å². The molecule has 0 unspecified atom stereocenters. The number of piperazine rings is 1. The third-order valence-electron chi connectivity index (χ3n) is 4.78. The molecule has 0 bridgehead atoms. The van der Waals surface area contributed by atoms with E-state index in [1.165, 1.54) is 12.1 Å². The lowest BCUT2D eigenvalue weighted by Crippen LogP contribution is -2.48. The van der Waals surface area contributed by atoms with Crippen molar-refractivity contribution in [1.29, 1.82) is 0 Å². The van der Waals surface area contributed by atoms with Crippen LogP contribution in [0.25, 0.3) is 0 Å². The Morgan fingerprint density at radius 3 is 2.18 bits per heavy atom. The summed E-state index contributed by atoms with van der Waals surface area (Å²) in [6, 6.07) is 14.1. The summed E-state index contributed by atoms with van der Waals surface area (Å²) in [5.41, 5.74) is 2.75. The highest BCUT2D eigenvalue weighted by atomic mass is 16.6. The average Bonchev–Trinajstić information content (AvgIpc) is 2.72. The first kappa shape index (κ1) is 19.8. The number of nitro benzene ring substituents is 1. The maximum absolute atomic E-state index is 12.7. The van der Waals surface area contributed by atoms with Gasteiger partial charge in [0.2, 0.25) is 0 Å². The smallest absolute Gasteiger partial charge is 0.269 e. The molecule has 0 spiro atoms. The number of carbonyl (C=O) groups excluding carboxylic acids is 1. The van der Waals surface area contributed by atoms with Crippen molar-refractivity contribution in [1.82, 2.24) is 4.90 Å². The van der Waals surface area contributed by atoms with E-state index in [1.807, 2.05) is 43.0 Å². The number of rotatable bonds is 6. The highest BCUT2D eigenvalue weighted by Crippen LogP contribution is 2.21. The monoisotopic (exact) mass is 383 g/mol. The van der Waals surface area contributed by atoms with Crippen molar-refractivity contribution in [2.75, 3.05) is 31.1 Å². The molecule has 7 nitrogen and oxygen atoms in total. The molecule has 0 saturated carbocycles. The summed E-state index contributed by atoms with van der Waals surface area (Å²) < 4.78 is 5.58. The van der Waals surface area contributed by atoms with Gasteiger partial charge in [-0.15, -0.1) is 0 Å². The van der Waals surface area contributed by atoms with Crippen LogP contribution in [0.2, 0.25) is 0 Å². The van der Waals surface area contributed by atoms with E-state index in [-0.39, 0.29) is 17.7 Å². The maximum atomic E-state index is 12.7. The highest BCUT2D eigenvalue weighted by Gasteiger charge is 2.22. The van der Waals surface area contributed by atoms with E-state index < -0.39 is 4.92 Å². The summed E-state index contributed by atoms with van der Waals surface area (Å²) in [4.78, 5) is 27.1. The summed E-state index contributed by atoms with van der Waals surface area (Å²) in [5.74, 6) is 0.0275. The summed E-state index contributed by atoms with van der Waals surface area (Å²) in [7, 11) is 0. The van der Waals surface area contributed by atoms with Gasteiger partial charge in [-0.1, -0.05) is 12.1 Å². The van der Waals surface area contributed by atoms with Crippen LogP contribution in [0.5, 0.6) is 0 Å². The van der Waals surface area contributed by atoms with E-state index in [9.17, 15) is 14.9 Å². The molecule has 2 aromatic rings. The molecule has 1 heterocycles. The molecule has 148 valence electrons. The zero-order chi connectivity index (χ0) is 20.1. The van der Waals surface area contributed by atoms with Crippen LogP contribution < -0.4 is 4.90 Å². The molecule has 0 aromatic heterocycles. The molecule has 1 saturated heterocycles. The van der Waals surface area contributed by atoms with Crippen molar-refractivity contribution in [3.8, 4) is 0 Å². The van der Waals surface area contributed by atoms with Gasteiger partial charge in [0.25, 0.3) is 11.6 Å². The Morgan fingerprint density at radius 2 is 1.64 bits per heavy atom. The quantitative estimate of drug-likeness (QED) is 0.564. The summed E-state index contributed by atoms with van der Waals surface area (Å²) in [6.07, 6.45) is 0.174. The van der Waals surface area contributed by atoms with E-state index >= 15 is 0 Å². The van der Waals surface area contributed by atoms with Crippen molar-refractivity contribution in [3.63, 3.8) is 0 Å². The number of benzene rings is 2. The topological polar surface area (TPSA) is 75.9 Å². The van der Waals surface area contributed by atoms with E-state index in [0.29, 0.717) is 38.3 Å². The molecule has 0 aliphatic carbocycles. The summed E-state index contributed by atoms with van der Waals surface area (Å²) in [6.45, 7) is 7.16. The third kappa shape index (κ3) is 4.86. The van der Waals surface area contributed by atoms with Crippen LogP contribution >= 0.6 is 0 Å². The van der Waals surface area contributed by atoms with Gasteiger partial charge in [-0.3, -0.25) is 14.9 Å². The predicted molar refractivity (Wildman–Crippen MR) is 108 cm³/mol. The zero-order valence-corrected chi connectivity index (χ0v) is 16.2. The highest BCUT2D eigenvalue weighted by molar-refractivity contribution is 5.94. The SMILES string of the molecule is CC(C)OCc1ccc(C(=O)N2CCN(c3ccc([N+](=O)[O-])cc3)CC2)cc1. The lowest BCUT2D eigenvalue weighted by molar-refractivity contribution is -0.384. The number of nitrogens with zero attached hydrogens (tertiary/aromatic N) is 3. The Bertz CT molecular complexity index is 811. The molecule has 1 fully saturated rings. The van der Waals surface area contributed by atoms with Crippen molar-refractivity contribution in [2.45, 2.75) is 26.6 Å². The first-order valence-electron chi connectivity index (χ1n) is 9.43. The fraction of sp³-hybridized carbons (Fsp3) is 0.381. The summed E-state index contributed by atoms with van der Waals surface area (Å²) in [5, 5.41) is 10.8. The van der Waals surface area contributed by atoms with Crippen molar-refractivity contribution in [3.05, 3.63) is 69.8 Å². The minimum Gasteiger partial charge on any atom is -0.374 e. The van der Waals surface area contributed by atoms with Gasteiger partial charge in [0.15, 0.2) is 0 Å². The fourth-order valence-electron chi connectivity index (χ4n) is 3.14. The van der Waals surface area contributed by atoms with Crippen LogP contribution in [-0.4, -0.2) is 48.0 Å². The second-order valence-electron chi connectivity index (χ2n) is 7.11. The summed E-state index contributed by atoms with van der Waals surface area (Å²) >= 11 is 0. The maximum Gasteiger partial charge on any atom is 0.269 e. The second-order valence-corrected chi connectivity index (χ2v) is 7.11. The lowest BCUT2D eigenvalue weighted by Gasteiger charge is -2.36. The van der Waals surface area contributed by atoms with Gasteiger partial charge in [-0.05, 0) is 43.7 Å². The molecule has 1 amide bonds. The molecule has 0 N–H and O–H groups in total. The standard InChI is InChI=1S/C21H25N3O4/c1-16(2)28-15-17-3-5-18(6-4-17)21(25)23-13-11-22(12-14-23)19-7-9-20(10-8-19)24(26)27/h3-10,16H,11-15H2,1-2H3. The van der Waals surface area contributed by atoms with Crippen LogP contribution in [0.4, 0.5) is 11.4 Å². The number of ether oxygens (including phenoxy) is 1. The molecule has 2 aromatic carbocycles. The average molecular weight is 383 g/mol. The van der Waals surface area contributed by atoms with Crippen LogP contribution in [-0.2, 0) is 11.3 Å². The Labute approximate surface area is 164 Å². The second kappa shape index (κ2) is 8.84. The zero-order valence-electron chi connectivity index (χ0n) is 16.2. The third-order valence-corrected chi connectivity index (χ3v) is 4.78. The molecule has 1 aliphatic rings. The first-order valence-corrected chi connectivity index (χ1v) is 9.43. The van der Waals surface area contributed by atoms with Gasteiger partial charge >= 0.3 is 0 Å². The Kier molecular flexibility index (Phi) is 6.26. The van der Waals surface area contributed by atoms with E-state index in [1.54, 1.807) is 12.1 Å². The number of hydrogen-bond acceptors (Lipinski definition) is 5. The minimum atomic E-state index is -0.402. The number of hydrogen-bond donors (Lipinski definition) is 0. The molecule has 0 radical (unpaired) electrons. The molecule has 28 heavy (non-hydrogen) atoms. The van der Waals surface area contributed by atoms with Gasteiger partial charge in [-0.25, -0.2) is 0 Å². The van der Waals surface area contributed by atoms with Crippen LogP contribution in [0.1, 0.15) is 29.8 Å². The predicted octanol–water partition coefficient (Wildman–Crippen LogP) is 3.48. The van der Waals surface area contributed by atoms with Gasteiger partial charge in [0.05, 0.1) is 17.6 Å². The number of non-ortho nitro benzene ring substituents is 1. The van der Waals surface area contributed by atoms with Crippen molar-refractivity contribution < 1.29 is 14.5 Å². The molecule has 1 aliphatic heterocycles. The normalized spacial score (nSPS) is 14.4. The van der Waals surface area contributed by atoms with Crippen LogP contribution in [0.15, 0.2) is 48.5 Å². The fourth-order valence-corrected chi connectivity index (χ4v) is 3.14. The molecule has 3 rings (SSSR count). The molecular formula is C21H25N3O4. The van der Waals surface area contributed by atoms with Crippen molar-refractivity contribution in [2.24, 2.45) is 0 Å². The Balaban J connectivity index is 1.55. The van der Waals surface area contributed by atoms with Gasteiger partial charge in [0.1, 0.15) is 0 Å². The number of amides is 1. The van der Waals surface area contributed by atoms with Crippen LogP contribution in [0.3, 0.4) is 0 Å². The number of anilines is 1. The Morgan fingerprint density at radius 1 is 1.04 bits per heavy atom. The van der Waals surface area contributed by atoms with Crippen LogP contribution in [0, 0.1) is 10.1 Å². The molecule has 0 atom stereocenters. The first-order chi connectivity index (χ1) is 13.4. The van der Waals surface area contributed by atoms with E-state index in [4.69, 9.17) is 4.74 Å². The molecular weight excluding hydrogens is 358 g/mol. The van der Waals surface area contributed by atoms with E-state index in [0.717, 1.165) is 11.3 Å². The van der Waals surface area contributed by atoms with Crippen molar-refractivity contribution >= 4 is 17.3 Å².